The largest absolute Gasteiger partial charge is 0.485 e. The smallest absolute Gasteiger partial charge is 0.415 e. The van der Waals surface area contributed by atoms with Crippen LogP contribution in [0.1, 0.15) is 0 Å². The normalized spacial score (nSPS) is 14.3. The van der Waals surface area contributed by atoms with Crippen LogP contribution in [0.5, 0.6) is 17.2 Å². The summed E-state index contributed by atoms with van der Waals surface area (Å²) in [7, 11) is 0. The average molecular weight is 485 g/mol. The number of nitrogens with zero attached hydrogens (tertiary/aromatic N) is 3. The summed E-state index contributed by atoms with van der Waals surface area (Å²) >= 11 is 0. The van der Waals surface area contributed by atoms with Gasteiger partial charge in [0.2, 0.25) is 5.75 Å². The summed E-state index contributed by atoms with van der Waals surface area (Å²) in [5.74, 6) is 0.682. The standard InChI is InChI=1S/C13H12FN3O2.C10H9FN2O3/c14-9-7-8(15)1-2-10(9)19-11-3-4-16-13-12(11)18-6-5-17-13;11-7-1-3-8(4-2-7)12-5-6-13(9(12)14)10(15)16/h1-4,7H,5-6,15H2,(H,16,17);1-4H,5-6H2,(H,15,16). The molecule has 1 aromatic heterocycles. The van der Waals surface area contributed by atoms with E-state index < -0.39 is 23.8 Å². The number of anilines is 3. The Bertz CT molecular complexity index is 1240. The van der Waals surface area contributed by atoms with Crippen molar-refractivity contribution >= 4 is 29.3 Å². The molecule has 0 spiro atoms. The first-order valence-corrected chi connectivity index (χ1v) is 10.5. The van der Waals surface area contributed by atoms with E-state index in [1.54, 1.807) is 18.3 Å². The first-order valence-electron chi connectivity index (χ1n) is 10.5. The average Bonchev–Trinajstić information content (AvgIpc) is 3.23. The van der Waals surface area contributed by atoms with Crippen molar-refractivity contribution in [2.45, 2.75) is 0 Å². The van der Waals surface area contributed by atoms with Crippen molar-refractivity contribution in [3.05, 3.63) is 66.4 Å². The minimum atomic E-state index is -1.27. The summed E-state index contributed by atoms with van der Waals surface area (Å²) < 4.78 is 37.4. The topological polar surface area (TPSA) is 130 Å². The van der Waals surface area contributed by atoms with Crippen molar-refractivity contribution in [3.63, 3.8) is 0 Å². The lowest BCUT2D eigenvalue weighted by molar-refractivity contribution is 0.158. The van der Waals surface area contributed by atoms with Crippen LogP contribution in [0.2, 0.25) is 0 Å². The number of nitrogens with two attached hydrogens (primary N) is 1. The Labute approximate surface area is 198 Å². The molecule has 0 aliphatic carbocycles. The number of urea groups is 1. The Balaban J connectivity index is 0.000000168. The molecule has 0 saturated carbocycles. The van der Waals surface area contributed by atoms with Gasteiger partial charge in [-0.05, 0) is 36.4 Å². The third kappa shape index (κ3) is 5.32. The summed E-state index contributed by atoms with van der Waals surface area (Å²) in [5, 5.41) is 11.8. The molecule has 5 rings (SSSR count). The lowest BCUT2D eigenvalue weighted by Crippen LogP contribution is -2.35. The molecule has 0 radical (unpaired) electrons. The zero-order valence-corrected chi connectivity index (χ0v) is 18.3. The van der Waals surface area contributed by atoms with Crippen molar-refractivity contribution < 1.29 is 33.0 Å². The number of imide groups is 1. The number of amides is 3. The van der Waals surface area contributed by atoms with E-state index in [0.717, 1.165) is 4.90 Å². The molecule has 1 saturated heterocycles. The fourth-order valence-corrected chi connectivity index (χ4v) is 3.39. The number of nitrogens with one attached hydrogen (secondary N) is 1. The minimum absolute atomic E-state index is 0.0942. The zero-order valence-electron chi connectivity index (χ0n) is 18.3. The molecule has 4 N–H and O–H groups in total. The summed E-state index contributed by atoms with van der Waals surface area (Å²) in [6.45, 7) is 1.61. The number of nitrogen functional groups attached to an aromatic ring is 1. The molecule has 3 aromatic rings. The van der Waals surface area contributed by atoms with Gasteiger partial charge in [0.05, 0.1) is 13.1 Å². The van der Waals surface area contributed by atoms with Crippen LogP contribution in [0.25, 0.3) is 0 Å². The third-order valence-electron chi connectivity index (χ3n) is 5.06. The molecule has 2 aliphatic rings. The Kier molecular flexibility index (Phi) is 6.81. The lowest BCUT2D eigenvalue weighted by Gasteiger charge is -2.20. The number of ether oxygens (including phenoxy) is 2. The molecule has 35 heavy (non-hydrogen) atoms. The number of hydrogen-bond donors (Lipinski definition) is 3. The van der Waals surface area contributed by atoms with Gasteiger partial charge >= 0.3 is 12.1 Å². The molecule has 2 aromatic carbocycles. The summed E-state index contributed by atoms with van der Waals surface area (Å²) in [4.78, 5) is 28.4. The van der Waals surface area contributed by atoms with Gasteiger partial charge in [-0.2, -0.15) is 0 Å². The van der Waals surface area contributed by atoms with Gasteiger partial charge < -0.3 is 25.6 Å². The van der Waals surface area contributed by atoms with Gasteiger partial charge in [0.25, 0.3) is 0 Å². The number of benzene rings is 2. The SMILES string of the molecule is Nc1ccc(Oc2ccnc3c2OCCN3)c(F)c1.O=C(O)N1CCN(c2ccc(F)cc2)C1=O. The molecule has 10 nitrogen and oxygen atoms in total. The Hall–Kier alpha value is -4.61. The van der Waals surface area contributed by atoms with Gasteiger partial charge in [-0.25, -0.2) is 28.3 Å². The van der Waals surface area contributed by atoms with Crippen molar-refractivity contribution in [3.8, 4) is 17.2 Å². The fraction of sp³-hybridized carbons (Fsp3) is 0.174. The second-order valence-electron chi connectivity index (χ2n) is 7.40. The Morgan fingerprint density at radius 3 is 2.57 bits per heavy atom. The van der Waals surface area contributed by atoms with E-state index in [1.165, 1.54) is 41.3 Å². The van der Waals surface area contributed by atoms with E-state index in [9.17, 15) is 18.4 Å². The zero-order chi connectivity index (χ0) is 24.9. The van der Waals surface area contributed by atoms with E-state index >= 15 is 0 Å². The van der Waals surface area contributed by atoms with Crippen LogP contribution >= 0.6 is 0 Å². The number of carbonyl (C=O) groups is 2. The maximum atomic E-state index is 13.7. The van der Waals surface area contributed by atoms with Crippen LogP contribution in [-0.4, -0.2) is 53.4 Å². The first kappa shape index (κ1) is 23.5. The minimum Gasteiger partial charge on any atom is -0.485 e. The maximum Gasteiger partial charge on any atom is 0.415 e. The molecule has 3 amide bonds. The van der Waals surface area contributed by atoms with Gasteiger partial charge in [0, 0.05) is 36.2 Å². The third-order valence-corrected chi connectivity index (χ3v) is 5.06. The van der Waals surface area contributed by atoms with E-state index in [2.05, 4.69) is 10.3 Å². The number of aromatic nitrogens is 1. The molecule has 0 bridgehead atoms. The van der Waals surface area contributed by atoms with Crippen molar-refractivity contribution in [2.75, 3.05) is 42.2 Å². The summed E-state index contributed by atoms with van der Waals surface area (Å²) in [6, 6.07) is 10.6. The first-order chi connectivity index (χ1) is 16.8. The molecule has 1 fully saturated rings. The molecule has 2 aliphatic heterocycles. The number of halogens is 2. The molecule has 3 heterocycles. The number of rotatable bonds is 3. The van der Waals surface area contributed by atoms with Crippen LogP contribution in [0, 0.1) is 11.6 Å². The predicted molar refractivity (Wildman–Crippen MR) is 123 cm³/mol. The summed E-state index contributed by atoms with van der Waals surface area (Å²) in [5.41, 5.74) is 6.33. The number of carbonyl (C=O) groups excluding carboxylic acids is 1. The van der Waals surface area contributed by atoms with Gasteiger partial charge in [-0.3, -0.25) is 4.90 Å². The number of pyridine rings is 1. The van der Waals surface area contributed by atoms with Crippen LogP contribution in [0.4, 0.5) is 35.6 Å². The van der Waals surface area contributed by atoms with E-state index in [1.807, 2.05) is 0 Å². The van der Waals surface area contributed by atoms with Crippen molar-refractivity contribution in [2.24, 2.45) is 0 Å². The van der Waals surface area contributed by atoms with Gasteiger partial charge in [0.15, 0.2) is 23.1 Å². The quantitative estimate of drug-likeness (QED) is 0.472. The predicted octanol–water partition coefficient (Wildman–Crippen LogP) is 4.15. The number of hydrogen-bond acceptors (Lipinski definition) is 7. The lowest BCUT2D eigenvalue weighted by atomic mass is 10.3. The molecular formula is C23H21F2N5O5. The molecule has 182 valence electrons. The maximum absolute atomic E-state index is 13.7. The van der Waals surface area contributed by atoms with E-state index in [0.29, 0.717) is 41.8 Å². The number of fused-ring (bicyclic) bond motifs is 1. The monoisotopic (exact) mass is 485 g/mol. The van der Waals surface area contributed by atoms with E-state index in [4.69, 9.17) is 20.3 Å². The van der Waals surface area contributed by atoms with Crippen LogP contribution in [0.3, 0.4) is 0 Å². The highest BCUT2D eigenvalue weighted by Crippen LogP contribution is 2.38. The van der Waals surface area contributed by atoms with Crippen molar-refractivity contribution in [1.29, 1.82) is 0 Å². The van der Waals surface area contributed by atoms with Crippen LogP contribution < -0.4 is 25.4 Å². The molecule has 12 heteroatoms. The Morgan fingerprint density at radius 2 is 1.89 bits per heavy atom. The molecule has 0 atom stereocenters. The second-order valence-corrected chi connectivity index (χ2v) is 7.40. The highest BCUT2D eigenvalue weighted by Gasteiger charge is 2.33. The van der Waals surface area contributed by atoms with Gasteiger partial charge in [0.1, 0.15) is 12.4 Å². The highest BCUT2D eigenvalue weighted by molar-refractivity contribution is 6.02. The van der Waals surface area contributed by atoms with Crippen LogP contribution in [0.15, 0.2) is 54.7 Å². The molecule has 0 unspecified atom stereocenters. The highest BCUT2D eigenvalue weighted by atomic mass is 19.1. The fourth-order valence-electron chi connectivity index (χ4n) is 3.39. The Morgan fingerprint density at radius 1 is 1.11 bits per heavy atom. The van der Waals surface area contributed by atoms with Gasteiger partial charge in [-0.15, -0.1) is 0 Å². The van der Waals surface area contributed by atoms with Crippen LogP contribution in [-0.2, 0) is 0 Å². The van der Waals surface area contributed by atoms with Crippen molar-refractivity contribution in [1.82, 2.24) is 9.88 Å². The second kappa shape index (κ2) is 10.1. The summed E-state index contributed by atoms with van der Waals surface area (Å²) in [6.07, 6.45) is 0.306. The number of carboxylic acid groups (broad SMARTS) is 1. The molecular weight excluding hydrogens is 464 g/mol. The van der Waals surface area contributed by atoms with E-state index in [-0.39, 0.29) is 18.8 Å². The van der Waals surface area contributed by atoms with Gasteiger partial charge in [-0.1, -0.05) is 0 Å².